The van der Waals surface area contributed by atoms with Crippen LogP contribution in [0.15, 0.2) is 91.0 Å². The van der Waals surface area contributed by atoms with Crippen LogP contribution >= 0.6 is 17.2 Å². The van der Waals surface area contributed by atoms with Gasteiger partial charge < -0.3 is 0 Å². The second-order valence-corrected chi connectivity index (χ2v) is 14.7. The van der Waals surface area contributed by atoms with Crippen LogP contribution in [-0.4, -0.2) is 31.3 Å². The Morgan fingerprint density at radius 1 is 0.806 bits per heavy atom. The molecule has 0 aliphatic carbocycles. The molecule has 0 spiro atoms. The number of hydrogen-bond acceptors (Lipinski definition) is 3. The molecule has 3 aromatic rings. The van der Waals surface area contributed by atoms with E-state index in [1.165, 1.54) is 15.9 Å². The maximum absolute atomic E-state index is 12.0. The zero-order chi connectivity index (χ0) is 21.6. The summed E-state index contributed by atoms with van der Waals surface area (Å²) in [5.74, 6) is -3.34. The van der Waals surface area contributed by atoms with Gasteiger partial charge in [-0.3, -0.25) is 0 Å². The van der Waals surface area contributed by atoms with E-state index in [9.17, 15) is 4.79 Å². The fourth-order valence-corrected chi connectivity index (χ4v) is 10.8. The first-order chi connectivity index (χ1) is 15.1. The Morgan fingerprint density at radius 3 is 1.74 bits per heavy atom. The molecule has 0 saturated carbocycles. The Bertz CT molecular complexity index is 898. The van der Waals surface area contributed by atoms with Gasteiger partial charge in [-0.25, -0.2) is 0 Å². The van der Waals surface area contributed by atoms with E-state index in [2.05, 4.69) is 78.1 Å². The van der Waals surface area contributed by atoms with Gasteiger partial charge in [-0.1, -0.05) is 0 Å². The molecule has 0 radical (unpaired) electrons. The fourth-order valence-electron chi connectivity index (χ4n) is 4.60. The van der Waals surface area contributed by atoms with E-state index in [0.29, 0.717) is 6.61 Å². The number of halogens is 1. The summed E-state index contributed by atoms with van der Waals surface area (Å²) in [5, 5.41) is 6.82. The van der Waals surface area contributed by atoms with E-state index in [1.807, 2.05) is 18.2 Å². The van der Waals surface area contributed by atoms with Gasteiger partial charge in [0.1, 0.15) is 0 Å². The second kappa shape index (κ2) is 9.53. The quantitative estimate of drug-likeness (QED) is 0.313. The minimum absolute atomic E-state index is 0.135. The van der Waals surface area contributed by atoms with Gasteiger partial charge in [-0.2, -0.15) is 0 Å². The molecule has 1 aliphatic rings. The maximum atomic E-state index is 12.0. The molecule has 1 aliphatic heterocycles. The molecule has 1 N–H and O–H groups in total. The summed E-state index contributed by atoms with van der Waals surface area (Å²) in [5.41, 5.74) is 0. The zero-order valence-electron chi connectivity index (χ0n) is 17.6. The summed E-state index contributed by atoms with van der Waals surface area (Å²) >= 11 is 8.05. The van der Waals surface area contributed by atoms with Gasteiger partial charge in [-0.05, 0) is 0 Å². The first-order valence-electron chi connectivity index (χ1n) is 10.9. The molecule has 162 valence electrons. The summed E-state index contributed by atoms with van der Waals surface area (Å²) in [6.07, 6.45) is 3.43. The van der Waals surface area contributed by atoms with E-state index in [1.54, 1.807) is 0 Å². The Hall–Kier alpha value is -2.19. The van der Waals surface area contributed by atoms with Crippen molar-refractivity contribution in [3.8, 4) is 0 Å². The third kappa shape index (κ3) is 4.28. The summed E-state index contributed by atoms with van der Waals surface area (Å²) in [4.78, 5) is 12.0. The Labute approximate surface area is 189 Å². The van der Waals surface area contributed by atoms with E-state index >= 15 is 0 Å². The number of carbonyl (C=O) groups excluding carboxylic acids is 1. The van der Waals surface area contributed by atoms with Crippen molar-refractivity contribution in [1.82, 2.24) is 5.32 Å². The molecule has 31 heavy (non-hydrogen) atoms. The molecular formula is C26H29ClNO2P. The van der Waals surface area contributed by atoms with Crippen molar-refractivity contribution in [2.24, 2.45) is 0 Å². The van der Waals surface area contributed by atoms with Gasteiger partial charge in [0, 0.05) is 0 Å². The molecule has 1 unspecified atom stereocenters. The molecule has 5 heteroatoms. The van der Waals surface area contributed by atoms with Crippen LogP contribution in [0.1, 0.15) is 19.3 Å². The van der Waals surface area contributed by atoms with Crippen molar-refractivity contribution < 1.29 is 9.53 Å². The van der Waals surface area contributed by atoms with Crippen LogP contribution in [0, 0.1) is 0 Å². The van der Waals surface area contributed by atoms with Crippen molar-refractivity contribution in [2.45, 2.75) is 25.3 Å². The first-order valence-corrected chi connectivity index (χ1v) is 14.3. The zero-order valence-corrected chi connectivity index (χ0v) is 19.3. The number of esters is 1. The summed E-state index contributed by atoms with van der Waals surface area (Å²) in [6.45, 7) is 1.19. The molecule has 0 aromatic heterocycles. The number of nitrogens with one attached hydrogen (secondary N) is 1. The van der Waals surface area contributed by atoms with Crippen LogP contribution in [0.5, 0.6) is 0 Å². The van der Waals surface area contributed by atoms with Crippen molar-refractivity contribution in [1.29, 1.82) is 0 Å². The standard InChI is InChI=1S/C26H29ClNO2P/c27-31(22-12-4-1-5-13-22,23-14-6-2-7-15-23,24-16-8-3-9-17-24)21-11-10-18-25-26(29)30-20-19-28-25/h1-9,12-17,25,28H,10-11,18-21H2. The van der Waals surface area contributed by atoms with Gasteiger partial charge >= 0.3 is 190 Å². The molecular weight excluding hydrogens is 425 g/mol. The van der Waals surface area contributed by atoms with E-state index in [0.717, 1.165) is 32.0 Å². The van der Waals surface area contributed by atoms with Crippen LogP contribution in [-0.2, 0) is 9.53 Å². The van der Waals surface area contributed by atoms with Crippen molar-refractivity contribution in [3.63, 3.8) is 0 Å². The van der Waals surface area contributed by atoms with Gasteiger partial charge in [0.15, 0.2) is 0 Å². The predicted molar refractivity (Wildman–Crippen MR) is 132 cm³/mol. The van der Waals surface area contributed by atoms with Gasteiger partial charge in [0.25, 0.3) is 0 Å². The normalized spacial score (nSPS) is 18.0. The molecule has 0 bridgehead atoms. The van der Waals surface area contributed by atoms with Crippen LogP contribution in [0.2, 0.25) is 0 Å². The van der Waals surface area contributed by atoms with Crippen LogP contribution < -0.4 is 21.2 Å². The van der Waals surface area contributed by atoms with Crippen LogP contribution in [0.3, 0.4) is 0 Å². The number of carbonyl (C=O) groups is 1. The number of morpholine rings is 1. The van der Waals surface area contributed by atoms with E-state index in [-0.39, 0.29) is 12.0 Å². The first kappa shape index (κ1) is 22.0. The number of unbranched alkanes of at least 4 members (excludes halogenated alkanes) is 1. The number of rotatable bonds is 8. The van der Waals surface area contributed by atoms with Crippen LogP contribution in [0.4, 0.5) is 0 Å². The summed E-state index contributed by atoms with van der Waals surface area (Å²) in [6, 6.07) is 31.4. The van der Waals surface area contributed by atoms with Gasteiger partial charge in [-0.15, -0.1) is 0 Å². The van der Waals surface area contributed by atoms with E-state index < -0.39 is 5.96 Å². The molecule has 0 amide bonds. The molecule has 1 saturated heterocycles. The van der Waals surface area contributed by atoms with Gasteiger partial charge in [0.05, 0.1) is 0 Å². The topological polar surface area (TPSA) is 38.3 Å². The molecule has 4 rings (SSSR count). The summed E-state index contributed by atoms with van der Waals surface area (Å²) < 4.78 is 5.20. The number of cyclic esters (lactones) is 1. The second-order valence-electron chi connectivity index (χ2n) is 8.08. The SMILES string of the molecule is O=C1OCCNC1CCCCP(Cl)(c1ccccc1)(c1ccccc1)c1ccccc1. The Kier molecular flexibility index (Phi) is 6.77. The molecule has 3 nitrogen and oxygen atoms in total. The van der Waals surface area contributed by atoms with Gasteiger partial charge in [0.2, 0.25) is 0 Å². The van der Waals surface area contributed by atoms with Crippen molar-refractivity contribution >= 4 is 39.1 Å². The minimum atomic E-state index is -3.21. The van der Waals surface area contributed by atoms with Crippen molar-refractivity contribution in [2.75, 3.05) is 19.3 Å². The van der Waals surface area contributed by atoms with Crippen LogP contribution in [0.25, 0.3) is 0 Å². The molecule has 1 fully saturated rings. The summed E-state index contributed by atoms with van der Waals surface area (Å²) in [7, 11) is 0. The number of ether oxygens (including phenoxy) is 1. The molecule has 1 heterocycles. The molecule has 1 atom stereocenters. The average molecular weight is 454 g/mol. The van der Waals surface area contributed by atoms with E-state index in [4.69, 9.17) is 16.0 Å². The Morgan fingerprint density at radius 2 is 1.29 bits per heavy atom. The Balaban J connectivity index is 1.71. The third-order valence-corrected chi connectivity index (χ3v) is 13.8. The fraction of sp³-hybridized carbons (Fsp3) is 0.269. The third-order valence-electron chi connectivity index (χ3n) is 6.23. The van der Waals surface area contributed by atoms with Crippen molar-refractivity contribution in [3.05, 3.63) is 91.0 Å². The predicted octanol–water partition coefficient (Wildman–Crippen LogP) is 4.36. The average Bonchev–Trinajstić information content (AvgIpc) is 2.84. The monoisotopic (exact) mass is 453 g/mol. The number of hydrogen-bond donors (Lipinski definition) is 1. The number of benzene rings is 3. The molecule has 3 aromatic carbocycles.